The van der Waals surface area contributed by atoms with Crippen LogP contribution >= 0.6 is 0 Å². The van der Waals surface area contributed by atoms with Crippen LogP contribution in [0.5, 0.6) is 0 Å². The highest BCUT2D eigenvalue weighted by molar-refractivity contribution is 5.87. The molecule has 3 rings (SSSR count). The third kappa shape index (κ3) is 1.55. The number of pyridine rings is 1. The van der Waals surface area contributed by atoms with Crippen LogP contribution in [0.3, 0.4) is 0 Å². The number of hydrogen-bond donors (Lipinski definition) is 3. The van der Waals surface area contributed by atoms with Crippen molar-refractivity contribution in [3.8, 4) is 22.4 Å². The van der Waals surface area contributed by atoms with E-state index in [-0.39, 0.29) is 0 Å². The molecule has 0 bridgehead atoms. The van der Waals surface area contributed by atoms with Gasteiger partial charge in [0.05, 0.1) is 17.5 Å². The van der Waals surface area contributed by atoms with Crippen molar-refractivity contribution in [3.63, 3.8) is 0 Å². The molecule has 0 atom stereocenters. The lowest BCUT2D eigenvalue weighted by Gasteiger charge is -2.01. The number of nitrogen functional groups attached to an aromatic ring is 1. The fourth-order valence-corrected chi connectivity index (χ4v) is 1.76. The molecule has 3 heterocycles. The Morgan fingerprint density at radius 1 is 1.12 bits per heavy atom. The number of aromatic nitrogens is 5. The summed E-state index contributed by atoms with van der Waals surface area (Å²) in [6.07, 6.45) is 6.96. The molecule has 6 heteroatoms. The van der Waals surface area contributed by atoms with Gasteiger partial charge in [-0.3, -0.25) is 15.2 Å². The number of anilines is 1. The lowest BCUT2D eigenvalue weighted by Crippen LogP contribution is -1.88. The van der Waals surface area contributed by atoms with E-state index in [4.69, 9.17) is 5.73 Å². The molecule has 4 N–H and O–H groups in total. The summed E-state index contributed by atoms with van der Waals surface area (Å²) in [5, 5.41) is 13.6. The van der Waals surface area contributed by atoms with Crippen LogP contribution in [0, 0.1) is 0 Å². The standard InChI is InChI=1S/C11H10N6/c12-11-9(7-1-3-13-4-2-7)10(16-17-11)8-5-14-15-6-8/h1-6H,(H,14,15)(H3,12,16,17). The Balaban J connectivity index is 2.20. The highest BCUT2D eigenvalue weighted by Crippen LogP contribution is 2.33. The van der Waals surface area contributed by atoms with Gasteiger partial charge in [-0.1, -0.05) is 0 Å². The summed E-state index contributed by atoms with van der Waals surface area (Å²) in [6, 6.07) is 3.79. The summed E-state index contributed by atoms with van der Waals surface area (Å²) in [5.74, 6) is 0.465. The Morgan fingerprint density at radius 2 is 1.94 bits per heavy atom. The molecule has 6 nitrogen and oxygen atoms in total. The van der Waals surface area contributed by atoms with Crippen molar-refractivity contribution in [1.82, 2.24) is 25.4 Å². The predicted molar refractivity (Wildman–Crippen MR) is 63.8 cm³/mol. The largest absolute Gasteiger partial charge is 0.382 e. The molecule has 17 heavy (non-hydrogen) atoms. The maximum atomic E-state index is 5.89. The Labute approximate surface area is 96.9 Å². The lowest BCUT2D eigenvalue weighted by molar-refractivity contribution is 1.09. The van der Waals surface area contributed by atoms with Crippen molar-refractivity contribution in [2.75, 3.05) is 5.73 Å². The lowest BCUT2D eigenvalue weighted by atomic mass is 10.0. The molecular weight excluding hydrogens is 216 g/mol. The van der Waals surface area contributed by atoms with Gasteiger partial charge in [0.15, 0.2) is 5.82 Å². The number of rotatable bonds is 2. The average molecular weight is 226 g/mol. The second kappa shape index (κ2) is 3.75. The third-order valence-corrected chi connectivity index (χ3v) is 2.55. The van der Waals surface area contributed by atoms with Gasteiger partial charge in [0, 0.05) is 24.2 Å². The molecule has 0 aliphatic carbocycles. The molecule has 0 spiro atoms. The molecule has 0 saturated carbocycles. The van der Waals surface area contributed by atoms with Gasteiger partial charge in [0.2, 0.25) is 0 Å². The van der Waals surface area contributed by atoms with Gasteiger partial charge < -0.3 is 5.73 Å². The minimum absolute atomic E-state index is 0.465. The molecule has 0 fully saturated rings. The summed E-state index contributed by atoms with van der Waals surface area (Å²) < 4.78 is 0. The first-order valence-corrected chi connectivity index (χ1v) is 5.09. The third-order valence-electron chi connectivity index (χ3n) is 2.55. The SMILES string of the molecule is Nc1n[nH]c(-c2cn[nH]c2)c1-c1ccncc1. The van der Waals surface area contributed by atoms with E-state index in [1.54, 1.807) is 24.8 Å². The molecule has 0 aromatic carbocycles. The van der Waals surface area contributed by atoms with E-state index < -0.39 is 0 Å². The zero-order valence-corrected chi connectivity index (χ0v) is 8.88. The van der Waals surface area contributed by atoms with Crippen LogP contribution < -0.4 is 5.73 Å². The van der Waals surface area contributed by atoms with Crippen molar-refractivity contribution in [3.05, 3.63) is 36.9 Å². The van der Waals surface area contributed by atoms with Crippen molar-refractivity contribution in [1.29, 1.82) is 0 Å². The van der Waals surface area contributed by atoms with Gasteiger partial charge in [-0.15, -0.1) is 0 Å². The Hall–Kier alpha value is -2.63. The normalized spacial score (nSPS) is 10.6. The molecular formula is C11H10N6. The molecule has 84 valence electrons. The first-order valence-electron chi connectivity index (χ1n) is 5.09. The summed E-state index contributed by atoms with van der Waals surface area (Å²) in [7, 11) is 0. The van der Waals surface area contributed by atoms with Gasteiger partial charge in [0.1, 0.15) is 0 Å². The minimum Gasteiger partial charge on any atom is -0.382 e. The van der Waals surface area contributed by atoms with E-state index >= 15 is 0 Å². The zero-order chi connectivity index (χ0) is 11.7. The minimum atomic E-state index is 0.465. The van der Waals surface area contributed by atoms with Crippen LogP contribution in [0.4, 0.5) is 5.82 Å². The molecule has 0 saturated heterocycles. The van der Waals surface area contributed by atoms with Gasteiger partial charge >= 0.3 is 0 Å². The topological polar surface area (TPSA) is 96.3 Å². The second-order valence-electron chi connectivity index (χ2n) is 3.58. The monoisotopic (exact) mass is 226 g/mol. The molecule has 3 aromatic heterocycles. The first kappa shape index (κ1) is 9.59. The zero-order valence-electron chi connectivity index (χ0n) is 8.88. The summed E-state index contributed by atoms with van der Waals surface area (Å²) in [5.41, 5.74) is 9.50. The predicted octanol–water partition coefficient (Wildman–Crippen LogP) is 1.44. The molecule has 3 aromatic rings. The number of H-pyrrole nitrogens is 2. The van der Waals surface area contributed by atoms with Gasteiger partial charge in [-0.05, 0) is 17.7 Å². The van der Waals surface area contributed by atoms with Gasteiger partial charge in [-0.25, -0.2) is 0 Å². The van der Waals surface area contributed by atoms with Crippen LogP contribution in [0.1, 0.15) is 0 Å². The van der Waals surface area contributed by atoms with E-state index in [2.05, 4.69) is 25.4 Å². The van der Waals surface area contributed by atoms with Crippen LogP contribution in [0.25, 0.3) is 22.4 Å². The number of nitrogens with one attached hydrogen (secondary N) is 2. The Kier molecular flexibility index (Phi) is 2.11. The van der Waals surface area contributed by atoms with Crippen molar-refractivity contribution in [2.24, 2.45) is 0 Å². The van der Waals surface area contributed by atoms with Crippen molar-refractivity contribution < 1.29 is 0 Å². The molecule has 0 aliphatic rings. The number of hydrogen-bond acceptors (Lipinski definition) is 4. The smallest absolute Gasteiger partial charge is 0.153 e. The Bertz CT molecular complexity index is 611. The van der Waals surface area contributed by atoms with Crippen LogP contribution in [-0.2, 0) is 0 Å². The average Bonchev–Trinajstić information content (AvgIpc) is 2.98. The molecule has 0 radical (unpaired) electrons. The van der Waals surface area contributed by atoms with Crippen molar-refractivity contribution >= 4 is 5.82 Å². The Morgan fingerprint density at radius 3 is 2.65 bits per heavy atom. The fraction of sp³-hybridized carbons (Fsp3) is 0. The quantitative estimate of drug-likeness (QED) is 0.616. The maximum Gasteiger partial charge on any atom is 0.153 e. The van der Waals surface area contributed by atoms with E-state index in [9.17, 15) is 0 Å². The van der Waals surface area contributed by atoms with Crippen molar-refractivity contribution in [2.45, 2.75) is 0 Å². The maximum absolute atomic E-state index is 5.89. The van der Waals surface area contributed by atoms with Gasteiger partial charge in [0.25, 0.3) is 0 Å². The number of nitrogens with zero attached hydrogens (tertiary/aromatic N) is 3. The fourth-order valence-electron chi connectivity index (χ4n) is 1.76. The summed E-state index contributed by atoms with van der Waals surface area (Å²) in [4.78, 5) is 3.99. The highest BCUT2D eigenvalue weighted by atomic mass is 15.2. The first-order chi connectivity index (χ1) is 8.36. The molecule has 0 amide bonds. The van der Waals surface area contributed by atoms with E-state index in [1.807, 2.05) is 12.1 Å². The summed E-state index contributed by atoms with van der Waals surface area (Å²) in [6.45, 7) is 0. The summed E-state index contributed by atoms with van der Waals surface area (Å²) >= 11 is 0. The van der Waals surface area contributed by atoms with E-state index in [0.29, 0.717) is 5.82 Å². The second-order valence-corrected chi connectivity index (χ2v) is 3.58. The van der Waals surface area contributed by atoms with Crippen LogP contribution in [0.2, 0.25) is 0 Å². The van der Waals surface area contributed by atoms with Crippen LogP contribution in [-0.4, -0.2) is 25.4 Å². The molecule has 0 aliphatic heterocycles. The molecule has 0 unspecified atom stereocenters. The number of aromatic amines is 2. The highest BCUT2D eigenvalue weighted by Gasteiger charge is 2.14. The van der Waals surface area contributed by atoms with Crippen LogP contribution in [0.15, 0.2) is 36.9 Å². The van der Waals surface area contributed by atoms with Gasteiger partial charge in [-0.2, -0.15) is 10.2 Å². The van der Waals surface area contributed by atoms with E-state index in [1.165, 1.54) is 0 Å². The van der Waals surface area contributed by atoms with E-state index in [0.717, 1.165) is 22.4 Å². The number of nitrogens with two attached hydrogens (primary N) is 1.